The van der Waals surface area contributed by atoms with Gasteiger partial charge in [-0.2, -0.15) is 5.10 Å². The molecule has 0 spiro atoms. The predicted molar refractivity (Wildman–Crippen MR) is 88.0 cm³/mol. The molecule has 0 radical (unpaired) electrons. The summed E-state index contributed by atoms with van der Waals surface area (Å²) in [6.45, 7) is 2.12. The lowest BCUT2D eigenvalue weighted by Crippen LogP contribution is -2.26. The molecule has 21 heavy (non-hydrogen) atoms. The molecule has 1 fully saturated rings. The number of fused-ring (bicyclic) bond motifs is 1. The van der Waals surface area contributed by atoms with E-state index in [4.69, 9.17) is 0 Å². The molecular weight excluding hydrogens is 405 g/mol. The maximum atomic E-state index is 12.2. The first kappa shape index (κ1) is 14.7. The lowest BCUT2D eigenvalue weighted by molar-refractivity contribution is -0.117. The molecule has 2 aromatic heterocycles. The van der Waals surface area contributed by atoms with Crippen molar-refractivity contribution < 1.29 is 9.59 Å². The summed E-state index contributed by atoms with van der Waals surface area (Å²) in [7, 11) is 0. The van der Waals surface area contributed by atoms with E-state index in [1.54, 1.807) is 11.8 Å². The van der Waals surface area contributed by atoms with Crippen LogP contribution in [0.15, 0.2) is 6.33 Å². The Bertz CT molecular complexity index is 719. The van der Waals surface area contributed by atoms with Crippen LogP contribution < -0.4 is 4.90 Å². The molecule has 110 valence electrons. The summed E-state index contributed by atoms with van der Waals surface area (Å²) >= 11 is 3.38. The summed E-state index contributed by atoms with van der Waals surface area (Å²) < 4.78 is 0.813. The van der Waals surface area contributed by atoms with Gasteiger partial charge in [0.25, 0.3) is 0 Å². The topological polar surface area (TPSA) is 91.8 Å². The minimum atomic E-state index is 0.0288. The number of aromatic amines is 1. The summed E-state index contributed by atoms with van der Waals surface area (Å²) in [4.78, 5) is 33.3. The van der Waals surface area contributed by atoms with E-state index in [1.165, 1.54) is 18.1 Å². The molecule has 1 aliphatic heterocycles. The molecule has 1 saturated heterocycles. The van der Waals surface area contributed by atoms with Crippen molar-refractivity contribution in [2.24, 2.45) is 5.92 Å². The van der Waals surface area contributed by atoms with Crippen LogP contribution in [0.5, 0.6) is 0 Å². The van der Waals surface area contributed by atoms with E-state index in [9.17, 15) is 9.59 Å². The SMILES string of the molecule is CC(=O)SCC1CC(=O)N(c2ncnc3n[nH]c(I)c23)C1. The van der Waals surface area contributed by atoms with Crippen LogP contribution in [0, 0.1) is 9.62 Å². The zero-order valence-electron chi connectivity index (χ0n) is 11.2. The number of anilines is 1. The number of nitrogens with one attached hydrogen (secondary N) is 1. The van der Waals surface area contributed by atoms with Gasteiger partial charge in [-0.25, -0.2) is 9.97 Å². The number of carbonyl (C=O) groups is 2. The third kappa shape index (κ3) is 2.89. The molecule has 2 aromatic rings. The molecule has 1 N–H and O–H groups in total. The third-order valence-corrected chi connectivity index (χ3v) is 5.09. The van der Waals surface area contributed by atoms with E-state index in [0.717, 1.165) is 9.09 Å². The van der Waals surface area contributed by atoms with Crippen molar-refractivity contribution in [3.05, 3.63) is 10.0 Å². The van der Waals surface area contributed by atoms with Gasteiger partial charge in [0.15, 0.2) is 16.6 Å². The molecule has 3 heterocycles. The number of carbonyl (C=O) groups excluding carboxylic acids is 2. The Morgan fingerprint density at radius 1 is 1.57 bits per heavy atom. The molecule has 7 nitrogen and oxygen atoms in total. The third-order valence-electron chi connectivity index (χ3n) is 3.27. The van der Waals surface area contributed by atoms with E-state index in [-0.39, 0.29) is 16.9 Å². The number of thioether (sulfide) groups is 1. The second-order valence-corrected chi connectivity index (χ2v) is 7.09. The van der Waals surface area contributed by atoms with Crippen LogP contribution in [0.3, 0.4) is 0 Å². The molecule has 1 atom stereocenters. The molecule has 1 amide bonds. The van der Waals surface area contributed by atoms with Gasteiger partial charge < -0.3 is 0 Å². The summed E-state index contributed by atoms with van der Waals surface area (Å²) in [5.74, 6) is 1.45. The van der Waals surface area contributed by atoms with Crippen LogP contribution in [0.2, 0.25) is 0 Å². The molecule has 0 saturated carbocycles. The van der Waals surface area contributed by atoms with Gasteiger partial charge in [-0.05, 0) is 28.5 Å². The first-order chi connectivity index (χ1) is 10.1. The number of hydrogen-bond acceptors (Lipinski definition) is 6. The second kappa shape index (κ2) is 5.87. The van der Waals surface area contributed by atoms with Crippen molar-refractivity contribution in [1.29, 1.82) is 0 Å². The van der Waals surface area contributed by atoms with E-state index < -0.39 is 0 Å². The van der Waals surface area contributed by atoms with Crippen molar-refractivity contribution in [1.82, 2.24) is 20.2 Å². The Labute approximate surface area is 138 Å². The van der Waals surface area contributed by atoms with Gasteiger partial charge in [0.1, 0.15) is 10.0 Å². The molecule has 1 unspecified atom stereocenters. The number of H-pyrrole nitrogens is 1. The minimum Gasteiger partial charge on any atom is -0.296 e. The maximum Gasteiger partial charge on any atom is 0.228 e. The monoisotopic (exact) mass is 417 g/mol. The molecule has 9 heteroatoms. The fraction of sp³-hybridized carbons (Fsp3) is 0.417. The first-order valence-electron chi connectivity index (χ1n) is 6.34. The summed E-state index contributed by atoms with van der Waals surface area (Å²) in [5, 5.41) is 7.79. The maximum absolute atomic E-state index is 12.2. The molecule has 0 bridgehead atoms. The summed E-state index contributed by atoms with van der Waals surface area (Å²) in [6.07, 6.45) is 1.86. The van der Waals surface area contributed by atoms with Gasteiger partial charge in [0, 0.05) is 25.6 Å². The van der Waals surface area contributed by atoms with E-state index in [0.29, 0.717) is 30.2 Å². The Balaban J connectivity index is 1.87. The van der Waals surface area contributed by atoms with E-state index in [1.807, 2.05) is 0 Å². The number of rotatable bonds is 3. The second-order valence-electron chi connectivity index (χ2n) is 4.81. The van der Waals surface area contributed by atoms with Crippen molar-refractivity contribution >= 4 is 62.2 Å². The standard InChI is InChI=1S/C12H12IN5O2S/c1-6(19)21-4-7-2-8(20)18(3-7)12-9-10(13)16-17-11(9)14-5-15-12/h5,7H,2-4H2,1H3,(H,14,15,16,17). The van der Waals surface area contributed by atoms with Gasteiger partial charge in [-0.15, -0.1) is 0 Å². The smallest absolute Gasteiger partial charge is 0.228 e. The quantitative estimate of drug-likeness (QED) is 0.763. The molecule has 1 aliphatic rings. The lowest BCUT2D eigenvalue weighted by Gasteiger charge is -2.16. The number of nitrogens with zero attached hydrogens (tertiary/aromatic N) is 4. The number of hydrogen-bond donors (Lipinski definition) is 1. The van der Waals surface area contributed by atoms with Crippen molar-refractivity contribution in [2.45, 2.75) is 13.3 Å². The predicted octanol–water partition coefficient (Wildman–Crippen LogP) is 1.59. The van der Waals surface area contributed by atoms with Crippen molar-refractivity contribution in [3.63, 3.8) is 0 Å². The van der Waals surface area contributed by atoms with Gasteiger partial charge >= 0.3 is 0 Å². The number of amides is 1. The average Bonchev–Trinajstić information content (AvgIpc) is 3.00. The zero-order valence-corrected chi connectivity index (χ0v) is 14.1. The van der Waals surface area contributed by atoms with E-state index in [2.05, 4.69) is 42.8 Å². The van der Waals surface area contributed by atoms with Crippen LogP contribution in [-0.2, 0) is 9.59 Å². The fourth-order valence-electron chi connectivity index (χ4n) is 2.34. The molecule has 3 rings (SSSR count). The number of halogens is 1. The molecule has 0 aromatic carbocycles. The summed E-state index contributed by atoms with van der Waals surface area (Å²) in [6, 6.07) is 0. The fourth-order valence-corrected chi connectivity index (χ4v) is 3.64. The summed E-state index contributed by atoms with van der Waals surface area (Å²) in [5.41, 5.74) is 0.554. The minimum absolute atomic E-state index is 0.0288. The lowest BCUT2D eigenvalue weighted by atomic mass is 10.1. The van der Waals surface area contributed by atoms with Crippen molar-refractivity contribution in [3.8, 4) is 0 Å². The van der Waals surface area contributed by atoms with Crippen LogP contribution in [0.1, 0.15) is 13.3 Å². The van der Waals surface area contributed by atoms with Crippen LogP contribution in [-0.4, -0.2) is 43.5 Å². The normalized spacial score (nSPS) is 18.7. The number of aromatic nitrogens is 4. The van der Waals surface area contributed by atoms with Crippen molar-refractivity contribution in [2.75, 3.05) is 17.2 Å². The highest BCUT2D eigenvalue weighted by Gasteiger charge is 2.33. The Morgan fingerprint density at radius 3 is 3.14 bits per heavy atom. The van der Waals surface area contributed by atoms with Crippen LogP contribution in [0.25, 0.3) is 11.0 Å². The average molecular weight is 417 g/mol. The zero-order chi connectivity index (χ0) is 15.0. The largest absolute Gasteiger partial charge is 0.296 e. The van der Waals surface area contributed by atoms with Crippen LogP contribution in [0.4, 0.5) is 5.82 Å². The highest BCUT2D eigenvalue weighted by Crippen LogP contribution is 2.31. The highest BCUT2D eigenvalue weighted by atomic mass is 127. The first-order valence-corrected chi connectivity index (χ1v) is 8.41. The van der Waals surface area contributed by atoms with Gasteiger partial charge in [-0.1, -0.05) is 11.8 Å². The Hall–Kier alpha value is -1.23. The van der Waals surface area contributed by atoms with Gasteiger partial charge in [0.05, 0.1) is 5.39 Å². The molecular formula is C12H12IN5O2S. The van der Waals surface area contributed by atoms with Gasteiger partial charge in [-0.3, -0.25) is 19.6 Å². The van der Waals surface area contributed by atoms with E-state index >= 15 is 0 Å². The Kier molecular flexibility index (Phi) is 4.11. The van der Waals surface area contributed by atoms with Crippen LogP contribution >= 0.6 is 34.4 Å². The Morgan fingerprint density at radius 2 is 2.38 bits per heavy atom. The van der Waals surface area contributed by atoms with Gasteiger partial charge in [0.2, 0.25) is 5.91 Å². The highest BCUT2D eigenvalue weighted by molar-refractivity contribution is 14.1. The molecule has 0 aliphatic carbocycles.